The first-order valence-electron chi connectivity index (χ1n) is 9.66. The Balaban J connectivity index is 1.92. The smallest absolute Gasteiger partial charge is 0.319 e. The van der Waals surface area contributed by atoms with Crippen molar-refractivity contribution in [2.24, 2.45) is 39.9 Å². The van der Waals surface area contributed by atoms with Crippen molar-refractivity contribution in [2.45, 2.75) is 40.0 Å². The molecule has 6 heteroatoms. The summed E-state index contributed by atoms with van der Waals surface area (Å²) in [6.45, 7) is 5.48. The van der Waals surface area contributed by atoms with Gasteiger partial charge in [0.1, 0.15) is 12.0 Å². The Morgan fingerprint density at radius 2 is 1.93 bits per heavy atom. The lowest BCUT2D eigenvalue weighted by molar-refractivity contribution is -0.169. The third-order valence-electron chi connectivity index (χ3n) is 7.90. The molecule has 27 heavy (non-hydrogen) atoms. The second-order valence-electron chi connectivity index (χ2n) is 9.28. The topological polar surface area (TPSA) is 86.7 Å². The lowest BCUT2D eigenvalue weighted by atomic mass is 9.48. The molecule has 3 aliphatic carbocycles. The Morgan fingerprint density at radius 1 is 1.22 bits per heavy atom. The second-order valence-corrected chi connectivity index (χ2v) is 9.28. The van der Waals surface area contributed by atoms with E-state index in [1.807, 2.05) is 6.92 Å². The van der Waals surface area contributed by atoms with Gasteiger partial charge in [-0.1, -0.05) is 26.8 Å². The van der Waals surface area contributed by atoms with E-state index in [1.54, 1.807) is 19.9 Å². The normalized spacial score (nSPS) is 44.8. The standard InChI is InChI=1S/C21H26O6/c1-11-12-5-6-13(21(9-12,16(11)23)18(25)26-4)20-8-7-14(22)19(2,3)15(20)17(24)27-10-20/h7-8,11-13,15H,5-6,9-10H2,1-4H3/t11-,12+,13+,15-,20+,21+/m1/s1. The van der Waals surface area contributed by atoms with Crippen LogP contribution in [0.4, 0.5) is 0 Å². The molecule has 2 saturated carbocycles. The summed E-state index contributed by atoms with van der Waals surface area (Å²) in [4.78, 5) is 51.5. The molecular formula is C21H26O6. The Kier molecular flexibility index (Phi) is 3.76. The van der Waals surface area contributed by atoms with Gasteiger partial charge in [0.25, 0.3) is 0 Å². The van der Waals surface area contributed by atoms with E-state index in [4.69, 9.17) is 9.47 Å². The molecule has 0 spiro atoms. The highest BCUT2D eigenvalue weighted by molar-refractivity contribution is 6.08. The molecule has 0 aromatic rings. The average Bonchev–Trinajstić information content (AvgIpc) is 3.09. The van der Waals surface area contributed by atoms with Crippen LogP contribution in [0.15, 0.2) is 12.2 Å². The monoisotopic (exact) mass is 374 g/mol. The number of hydrogen-bond acceptors (Lipinski definition) is 6. The van der Waals surface area contributed by atoms with Gasteiger partial charge < -0.3 is 9.47 Å². The van der Waals surface area contributed by atoms with Gasteiger partial charge in [-0.2, -0.15) is 0 Å². The van der Waals surface area contributed by atoms with E-state index in [9.17, 15) is 19.2 Å². The molecule has 4 aliphatic rings. The minimum atomic E-state index is -1.26. The van der Waals surface area contributed by atoms with Crippen molar-refractivity contribution in [1.82, 2.24) is 0 Å². The molecule has 0 N–H and O–H groups in total. The Morgan fingerprint density at radius 3 is 2.59 bits per heavy atom. The van der Waals surface area contributed by atoms with Crippen molar-refractivity contribution in [2.75, 3.05) is 13.7 Å². The molecule has 0 radical (unpaired) electrons. The summed E-state index contributed by atoms with van der Waals surface area (Å²) in [7, 11) is 1.31. The van der Waals surface area contributed by atoms with Crippen molar-refractivity contribution in [3.63, 3.8) is 0 Å². The Labute approximate surface area is 158 Å². The number of Topliss-reactive ketones (excluding diaryl/α,β-unsaturated/α-hetero) is 1. The highest BCUT2D eigenvalue weighted by Gasteiger charge is 2.72. The maximum Gasteiger partial charge on any atom is 0.319 e. The number of carbonyl (C=O) groups is 4. The van der Waals surface area contributed by atoms with Crippen molar-refractivity contribution >= 4 is 23.5 Å². The molecule has 6 nitrogen and oxygen atoms in total. The molecule has 4 rings (SSSR count). The van der Waals surface area contributed by atoms with Crippen LogP contribution in [-0.4, -0.2) is 37.2 Å². The Hall–Kier alpha value is -1.98. The van der Waals surface area contributed by atoms with Crippen LogP contribution in [0.2, 0.25) is 0 Å². The highest BCUT2D eigenvalue weighted by Crippen LogP contribution is 2.66. The molecule has 146 valence electrons. The van der Waals surface area contributed by atoms with Gasteiger partial charge in [-0.3, -0.25) is 19.2 Å². The molecular weight excluding hydrogens is 348 g/mol. The van der Waals surface area contributed by atoms with Crippen LogP contribution in [-0.2, 0) is 28.7 Å². The fraction of sp³-hybridized carbons (Fsp3) is 0.714. The quantitative estimate of drug-likeness (QED) is 0.543. The van der Waals surface area contributed by atoms with E-state index in [1.165, 1.54) is 13.2 Å². The summed E-state index contributed by atoms with van der Waals surface area (Å²) in [6, 6.07) is 0. The summed E-state index contributed by atoms with van der Waals surface area (Å²) in [6.07, 6.45) is 5.18. The zero-order valence-corrected chi connectivity index (χ0v) is 16.2. The number of methoxy groups -OCH3 is 1. The SMILES string of the molecule is COC(=O)[C@@]12C[C@H](CC[C@H]1[C@@]13C=CC(=O)C(C)(C)[C@H]1C(=O)OC3)[C@@H](C)C2=O. The fourth-order valence-corrected chi connectivity index (χ4v) is 6.54. The van der Waals surface area contributed by atoms with Crippen molar-refractivity contribution < 1.29 is 28.7 Å². The largest absolute Gasteiger partial charge is 0.468 e. The average molecular weight is 374 g/mol. The summed E-state index contributed by atoms with van der Waals surface area (Å²) in [5, 5.41) is 0. The van der Waals surface area contributed by atoms with Gasteiger partial charge in [0.2, 0.25) is 0 Å². The number of ketones is 2. The summed E-state index contributed by atoms with van der Waals surface area (Å²) in [5.74, 6) is -2.31. The zero-order valence-electron chi connectivity index (χ0n) is 16.2. The lowest BCUT2D eigenvalue weighted by Crippen LogP contribution is -2.58. The van der Waals surface area contributed by atoms with Gasteiger partial charge in [0.05, 0.1) is 13.0 Å². The number of esters is 2. The van der Waals surface area contributed by atoms with Crippen LogP contribution >= 0.6 is 0 Å². The van der Waals surface area contributed by atoms with E-state index in [0.29, 0.717) is 12.8 Å². The minimum absolute atomic E-state index is 0.0857. The minimum Gasteiger partial charge on any atom is -0.468 e. The van der Waals surface area contributed by atoms with E-state index in [2.05, 4.69) is 0 Å². The van der Waals surface area contributed by atoms with Gasteiger partial charge in [-0.05, 0) is 37.2 Å². The summed E-state index contributed by atoms with van der Waals surface area (Å²) < 4.78 is 10.6. The van der Waals surface area contributed by atoms with Gasteiger partial charge in [0, 0.05) is 16.7 Å². The van der Waals surface area contributed by atoms with E-state index >= 15 is 0 Å². The first kappa shape index (κ1) is 18.4. The molecule has 0 aromatic carbocycles. The van der Waals surface area contributed by atoms with E-state index < -0.39 is 40.0 Å². The van der Waals surface area contributed by atoms with Crippen LogP contribution in [0.3, 0.4) is 0 Å². The summed E-state index contributed by atoms with van der Waals surface area (Å²) in [5.41, 5.74) is -3.04. The molecule has 3 fully saturated rings. The molecule has 0 amide bonds. The number of rotatable bonds is 2. The number of carbonyl (C=O) groups excluding carboxylic acids is 4. The maximum atomic E-state index is 13.3. The molecule has 6 atom stereocenters. The van der Waals surface area contributed by atoms with Crippen molar-refractivity contribution in [1.29, 1.82) is 0 Å². The first-order valence-corrected chi connectivity index (χ1v) is 9.66. The number of cyclic esters (lactones) is 1. The number of hydrogen-bond donors (Lipinski definition) is 0. The number of allylic oxidation sites excluding steroid dienone is 1. The van der Waals surface area contributed by atoms with Crippen LogP contribution in [0.1, 0.15) is 40.0 Å². The van der Waals surface area contributed by atoms with Crippen molar-refractivity contribution in [3.05, 3.63) is 12.2 Å². The lowest BCUT2D eigenvalue weighted by Gasteiger charge is -2.51. The maximum absolute atomic E-state index is 13.3. The predicted octanol–water partition coefficient (Wildman–Crippen LogP) is 2.11. The Bertz CT molecular complexity index is 780. The predicted molar refractivity (Wildman–Crippen MR) is 94.3 cm³/mol. The number of fused-ring (bicyclic) bond motifs is 3. The van der Waals surface area contributed by atoms with E-state index in [-0.39, 0.29) is 30.0 Å². The van der Waals surface area contributed by atoms with Crippen LogP contribution in [0.5, 0.6) is 0 Å². The van der Waals surface area contributed by atoms with Crippen LogP contribution < -0.4 is 0 Å². The molecule has 1 aliphatic heterocycles. The molecule has 0 unspecified atom stereocenters. The summed E-state index contributed by atoms with van der Waals surface area (Å²) >= 11 is 0. The number of ether oxygens (including phenoxy) is 2. The van der Waals surface area contributed by atoms with Crippen LogP contribution in [0, 0.1) is 39.9 Å². The molecule has 2 bridgehead atoms. The first-order chi connectivity index (χ1) is 12.6. The highest BCUT2D eigenvalue weighted by atomic mass is 16.5. The third kappa shape index (κ3) is 2.02. The molecule has 0 aromatic heterocycles. The van der Waals surface area contributed by atoms with Gasteiger partial charge in [-0.25, -0.2) is 0 Å². The van der Waals surface area contributed by atoms with Gasteiger partial charge in [0.15, 0.2) is 11.6 Å². The van der Waals surface area contributed by atoms with E-state index in [0.717, 1.165) is 6.42 Å². The third-order valence-corrected chi connectivity index (χ3v) is 7.90. The van der Waals surface area contributed by atoms with Gasteiger partial charge >= 0.3 is 11.9 Å². The van der Waals surface area contributed by atoms with Gasteiger partial charge in [-0.15, -0.1) is 0 Å². The fourth-order valence-electron chi connectivity index (χ4n) is 6.54. The zero-order chi connectivity index (χ0) is 19.8. The second kappa shape index (κ2) is 5.52. The molecule has 1 saturated heterocycles. The van der Waals surface area contributed by atoms with Crippen molar-refractivity contribution in [3.8, 4) is 0 Å². The van der Waals surface area contributed by atoms with Crippen LogP contribution in [0.25, 0.3) is 0 Å². The molecule has 1 heterocycles.